The van der Waals surface area contributed by atoms with Crippen LogP contribution in [0.4, 0.5) is 0 Å². The van der Waals surface area contributed by atoms with Crippen LogP contribution in [0.1, 0.15) is 0 Å². The van der Waals surface area contributed by atoms with Crippen molar-refractivity contribution in [1.82, 2.24) is 0 Å². The molecule has 0 aliphatic rings. The van der Waals surface area contributed by atoms with Gasteiger partial charge in [-0.15, -0.1) is 12.8 Å². The van der Waals surface area contributed by atoms with Gasteiger partial charge in [-0.05, 0) is 0 Å². The van der Waals surface area contributed by atoms with Gasteiger partial charge in [-0.1, -0.05) is 24.0 Å². The van der Waals surface area contributed by atoms with Crippen LogP contribution in [-0.4, -0.2) is 41.6 Å². The van der Waals surface area contributed by atoms with E-state index in [4.69, 9.17) is 12.8 Å². The van der Waals surface area contributed by atoms with E-state index >= 15 is 0 Å². The Bertz CT molecular complexity index is 504. The van der Waals surface area contributed by atoms with Crippen molar-refractivity contribution < 1.29 is 25.2 Å². The highest BCUT2D eigenvalue weighted by atomic mass is 32.2. The van der Waals surface area contributed by atoms with Gasteiger partial charge in [-0.25, -0.2) is 0 Å². The molecule has 6 nitrogen and oxygen atoms in total. The Morgan fingerprint density at radius 1 is 0.833 bits per heavy atom. The van der Waals surface area contributed by atoms with E-state index in [1.54, 1.807) is 0 Å². The average molecular weight is 292 g/mol. The maximum atomic E-state index is 11.0. The van der Waals surface area contributed by atoms with Gasteiger partial charge < -0.3 is 0 Å². The maximum Gasteiger partial charge on any atom is 0.279 e. The fourth-order valence-electron chi connectivity index (χ4n) is 0.709. The SMILES string of the molecule is C#CCS(=O)(=O)OCC=CCOS(=O)(=O)CC#C. The summed E-state index contributed by atoms with van der Waals surface area (Å²) in [6.45, 7) is -0.495. The first-order valence-electron chi connectivity index (χ1n) is 4.59. The van der Waals surface area contributed by atoms with Crippen LogP contribution in [0.25, 0.3) is 0 Å². The molecule has 18 heavy (non-hydrogen) atoms. The Morgan fingerprint density at radius 3 is 1.44 bits per heavy atom. The second kappa shape index (κ2) is 7.90. The lowest BCUT2D eigenvalue weighted by atomic mass is 10.5. The molecule has 0 aliphatic heterocycles. The van der Waals surface area contributed by atoms with Gasteiger partial charge in [-0.3, -0.25) is 8.37 Å². The van der Waals surface area contributed by atoms with Gasteiger partial charge in [0.15, 0.2) is 0 Å². The van der Waals surface area contributed by atoms with Crippen LogP contribution in [0.3, 0.4) is 0 Å². The highest BCUT2D eigenvalue weighted by Gasteiger charge is 2.08. The zero-order chi connectivity index (χ0) is 14.1. The predicted molar refractivity (Wildman–Crippen MR) is 66.3 cm³/mol. The summed E-state index contributed by atoms with van der Waals surface area (Å²) in [5.74, 6) is 2.83. The van der Waals surface area contributed by atoms with Crippen molar-refractivity contribution in [3.63, 3.8) is 0 Å². The molecule has 0 unspecified atom stereocenters. The van der Waals surface area contributed by atoms with Crippen molar-refractivity contribution in [3.8, 4) is 24.7 Å². The molecule has 0 aromatic carbocycles. The van der Waals surface area contributed by atoms with E-state index in [0.29, 0.717) is 0 Å². The Labute approximate surface area is 107 Å². The van der Waals surface area contributed by atoms with Crippen molar-refractivity contribution in [2.45, 2.75) is 0 Å². The first-order valence-corrected chi connectivity index (χ1v) is 7.74. The second-order valence-corrected chi connectivity index (χ2v) is 6.13. The van der Waals surface area contributed by atoms with Crippen molar-refractivity contribution in [2.24, 2.45) is 0 Å². The van der Waals surface area contributed by atoms with Gasteiger partial charge in [0.05, 0.1) is 13.2 Å². The quantitative estimate of drug-likeness (QED) is 0.340. The predicted octanol–water partition coefficient (Wildman–Crippen LogP) is -0.498. The molecule has 0 radical (unpaired) electrons. The van der Waals surface area contributed by atoms with Gasteiger partial charge >= 0.3 is 0 Å². The first-order chi connectivity index (χ1) is 8.33. The van der Waals surface area contributed by atoms with Crippen molar-refractivity contribution in [2.75, 3.05) is 24.7 Å². The van der Waals surface area contributed by atoms with Crippen LogP contribution in [0.5, 0.6) is 0 Å². The smallest absolute Gasteiger partial charge is 0.265 e. The molecule has 0 aliphatic carbocycles. The molecule has 0 bridgehead atoms. The standard InChI is InChI=1S/C10H12O6S2/c1-3-9-17(11,12)15-7-5-6-8-16-18(13,14)10-4-2/h1-2,5-6H,7-10H2. The summed E-state index contributed by atoms with van der Waals surface area (Å²) >= 11 is 0. The van der Waals surface area contributed by atoms with Crippen LogP contribution in [0, 0.1) is 24.7 Å². The monoisotopic (exact) mass is 292 g/mol. The number of rotatable bonds is 8. The summed E-state index contributed by atoms with van der Waals surface area (Å²) in [7, 11) is -7.46. The summed E-state index contributed by atoms with van der Waals surface area (Å²) in [6, 6.07) is 0. The lowest BCUT2D eigenvalue weighted by Gasteiger charge is -1.99. The molecule has 0 fully saturated rings. The van der Waals surface area contributed by atoms with Crippen molar-refractivity contribution in [3.05, 3.63) is 12.2 Å². The molecular formula is C10H12O6S2. The number of hydrogen-bond donors (Lipinski definition) is 0. The molecule has 8 heteroatoms. The largest absolute Gasteiger partial charge is 0.279 e. The topological polar surface area (TPSA) is 86.7 Å². The first kappa shape index (κ1) is 16.7. The van der Waals surface area contributed by atoms with Crippen LogP contribution in [-0.2, 0) is 28.6 Å². The molecule has 0 N–H and O–H groups in total. The third-order valence-corrected chi connectivity index (χ3v) is 3.41. The molecule has 0 spiro atoms. The summed E-state index contributed by atoms with van der Waals surface area (Å²) < 4.78 is 52.7. The minimum atomic E-state index is -3.73. The molecular weight excluding hydrogens is 280 g/mol. The fraction of sp³-hybridized carbons (Fsp3) is 0.400. The molecule has 0 rings (SSSR count). The Balaban J connectivity index is 3.96. The lowest BCUT2D eigenvalue weighted by Crippen LogP contribution is -2.10. The highest BCUT2D eigenvalue weighted by Crippen LogP contribution is 1.94. The minimum Gasteiger partial charge on any atom is -0.265 e. The fourth-order valence-corrected chi connectivity index (χ4v) is 1.86. The molecule has 0 atom stereocenters. The summed E-state index contributed by atoms with van der Waals surface area (Å²) in [4.78, 5) is 0. The summed E-state index contributed by atoms with van der Waals surface area (Å²) in [5.41, 5.74) is 0. The van der Waals surface area contributed by atoms with E-state index < -0.39 is 31.7 Å². The third kappa shape index (κ3) is 8.79. The van der Waals surface area contributed by atoms with Gasteiger partial charge in [0.2, 0.25) is 0 Å². The Morgan fingerprint density at radius 2 is 1.17 bits per heavy atom. The molecule has 0 saturated carbocycles. The van der Waals surface area contributed by atoms with Crippen LogP contribution in [0.15, 0.2) is 12.2 Å². The Hall–Kier alpha value is -1.32. The highest BCUT2D eigenvalue weighted by molar-refractivity contribution is 7.87. The van der Waals surface area contributed by atoms with E-state index in [-0.39, 0.29) is 13.2 Å². The van der Waals surface area contributed by atoms with Crippen LogP contribution < -0.4 is 0 Å². The zero-order valence-corrected chi connectivity index (χ0v) is 11.0. The molecule has 0 aromatic heterocycles. The van der Waals surface area contributed by atoms with Gasteiger partial charge in [0.25, 0.3) is 20.2 Å². The average Bonchev–Trinajstić information content (AvgIpc) is 2.22. The molecule has 0 amide bonds. The number of hydrogen-bond acceptors (Lipinski definition) is 6. The summed E-state index contributed by atoms with van der Waals surface area (Å²) in [5, 5.41) is 0. The second-order valence-electron chi connectivity index (χ2n) is 2.85. The van der Waals surface area contributed by atoms with Gasteiger partial charge in [0, 0.05) is 0 Å². The van der Waals surface area contributed by atoms with Gasteiger partial charge in [0.1, 0.15) is 11.5 Å². The maximum absolute atomic E-state index is 11.0. The van der Waals surface area contributed by atoms with Gasteiger partial charge in [-0.2, -0.15) is 16.8 Å². The van der Waals surface area contributed by atoms with E-state index in [1.165, 1.54) is 12.2 Å². The zero-order valence-electron chi connectivity index (χ0n) is 9.40. The van der Waals surface area contributed by atoms with E-state index in [2.05, 4.69) is 8.37 Å². The molecule has 0 saturated heterocycles. The number of terminal acetylenes is 2. The molecule has 0 aromatic rings. The van der Waals surface area contributed by atoms with Crippen molar-refractivity contribution in [1.29, 1.82) is 0 Å². The van der Waals surface area contributed by atoms with E-state index in [9.17, 15) is 16.8 Å². The van der Waals surface area contributed by atoms with Crippen LogP contribution >= 0.6 is 0 Å². The normalized spacial score (nSPS) is 12.1. The summed E-state index contributed by atoms with van der Waals surface area (Å²) in [6.07, 6.45) is 12.2. The molecule has 0 heterocycles. The Kier molecular flexibility index (Phi) is 7.32. The van der Waals surface area contributed by atoms with E-state index in [0.717, 1.165) is 0 Å². The van der Waals surface area contributed by atoms with Crippen LogP contribution in [0.2, 0.25) is 0 Å². The van der Waals surface area contributed by atoms with Crippen molar-refractivity contribution >= 4 is 20.2 Å². The van der Waals surface area contributed by atoms with E-state index in [1.807, 2.05) is 11.8 Å². The minimum absolute atomic E-state index is 0.247. The third-order valence-electron chi connectivity index (χ3n) is 1.37. The lowest BCUT2D eigenvalue weighted by molar-refractivity contribution is 0.348. The molecule has 100 valence electrons.